The van der Waals surface area contributed by atoms with Gasteiger partial charge in [-0.3, -0.25) is 13.9 Å². The summed E-state index contributed by atoms with van der Waals surface area (Å²) in [5.74, 6) is -0.346. The van der Waals surface area contributed by atoms with Crippen molar-refractivity contribution in [2.24, 2.45) is 0 Å². The maximum Gasteiger partial charge on any atom is 0.334 e. The van der Waals surface area contributed by atoms with Crippen LogP contribution >= 0.6 is 0 Å². The molecule has 17 heavy (non-hydrogen) atoms. The molecule has 0 unspecified atom stereocenters. The van der Waals surface area contributed by atoms with Gasteiger partial charge in [0, 0.05) is 0 Å². The first-order valence-electron chi connectivity index (χ1n) is 5.15. The van der Waals surface area contributed by atoms with E-state index >= 15 is 0 Å². The number of aromatic hydroxyl groups is 1. The highest BCUT2D eigenvalue weighted by Crippen LogP contribution is 2.04. The van der Waals surface area contributed by atoms with Crippen LogP contribution in [0.3, 0.4) is 0 Å². The topological polar surface area (TPSA) is 64.2 Å². The van der Waals surface area contributed by atoms with E-state index in [1.165, 1.54) is 0 Å². The van der Waals surface area contributed by atoms with Crippen molar-refractivity contribution in [3.05, 3.63) is 51.2 Å². The van der Waals surface area contributed by atoms with E-state index in [-0.39, 0.29) is 19.0 Å². The van der Waals surface area contributed by atoms with Gasteiger partial charge in [0.1, 0.15) is 0 Å². The molecule has 1 rings (SSSR count). The van der Waals surface area contributed by atoms with Gasteiger partial charge in [0.05, 0.1) is 19.2 Å². The van der Waals surface area contributed by atoms with Crippen LogP contribution < -0.4 is 11.2 Å². The molecule has 5 nitrogen and oxygen atoms in total. The summed E-state index contributed by atoms with van der Waals surface area (Å²) in [6, 6.07) is 1.02. The summed E-state index contributed by atoms with van der Waals surface area (Å²) in [5, 5.41) is 9.57. The Kier molecular flexibility index (Phi) is 3.73. The lowest BCUT2D eigenvalue weighted by molar-refractivity contribution is 0.399. The Morgan fingerprint density at radius 1 is 1.18 bits per heavy atom. The third-order valence-corrected chi connectivity index (χ3v) is 2.11. The minimum absolute atomic E-state index is 0.147. The second kappa shape index (κ2) is 4.86. The fraction of sp³-hybridized carbons (Fsp3) is 0.333. The van der Waals surface area contributed by atoms with Crippen LogP contribution in [0.15, 0.2) is 40.0 Å². The number of hydrogen-bond acceptors (Lipinski definition) is 3. The summed E-state index contributed by atoms with van der Waals surface area (Å²) in [6.45, 7) is 11.1. The molecule has 0 radical (unpaired) electrons. The Balaban J connectivity index is 3.43. The molecular formula is C12H16N2O3. The fourth-order valence-corrected chi connectivity index (χ4v) is 1.44. The average Bonchev–Trinajstić information content (AvgIpc) is 2.18. The van der Waals surface area contributed by atoms with Crippen molar-refractivity contribution in [2.75, 3.05) is 0 Å². The highest BCUT2D eigenvalue weighted by molar-refractivity contribution is 5.10. The first kappa shape index (κ1) is 13.0. The molecular weight excluding hydrogens is 220 g/mol. The number of aromatic nitrogens is 2. The van der Waals surface area contributed by atoms with Crippen molar-refractivity contribution >= 4 is 0 Å². The van der Waals surface area contributed by atoms with E-state index in [2.05, 4.69) is 13.2 Å². The Labute approximate surface area is 98.9 Å². The molecule has 0 bridgehead atoms. The van der Waals surface area contributed by atoms with Gasteiger partial charge in [-0.05, 0) is 13.8 Å². The molecule has 92 valence electrons. The molecule has 1 N–H and O–H groups in total. The molecule has 0 aromatic carbocycles. The molecule has 0 aliphatic rings. The van der Waals surface area contributed by atoms with Crippen LogP contribution in [0, 0.1) is 0 Å². The van der Waals surface area contributed by atoms with E-state index in [0.717, 1.165) is 15.2 Å². The predicted molar refractivity (Wildman–Crippen MR) is 66.3 cm³/mol. The molecule has 0 saturated heterocycles. The molecule has 0 aliphatic heterocycles. The summed E-state index contributed by atoms with van der Waals surface area (Å²) in [7, 11) is 0. The van der Waals surface area contributed by atoms with Crippen molar-refractivity contribution in [2.45, 2.75) is 26.9 Å². The second-order valence-corrected chi connectivity index (χ2v) is 4.21. The Hall–Kier alpha value is -2.04. The van der Waals surface area contributed by atoms with E-state index < -0.39 is 11.2 Å². The van der Waals surface area contributed by atoms with Crippen LogP contribution in [0.5, 0.6) is 5.88 Å². The van der Waals surface area contributed by atoms with Crippen molar-refractivity contribution < 1.29 is 5.11 Å². The lowest BCUT2D eigenvalue weighted by Gasteiger charge is -2.11. The third-order valence-electron chi connectivity index (χ3n) is 2.11. The van der Waals surface area contributed by atoms with Gasteiger partial charge in [0.2, 0.25) is 5.88 Å². The van der Waals surface area contributed by atoms with Gasteiger partial charge in [-0.25, -0.2) is 4.79 Å². The van der Waals surface area contributed by atoms with Gasteiger partial charge in [-0.1, -0.05) is 24.3 Å². The van der Waals surface area contributed by atoms with Crippen LogP contribution in [-0.4, -0.2) is 14.2 Å². The molecule has 0 aliphatic carbocycles. The van der Waals surface area contributed by atoms with Gasteiger partial charge in [0.15, 0.2) is 0 Å². The van der Waals surface area contributed by atoms with Crippen molar-refractivity contribution in [1.82, 2.24) is 9.13 Å². The molecule has 0 amide bonds. The van der Waals surface area contributed by atoms with E-state index in [9.17, 15) is 14.7 Å². The normalized spacial score (nSPS) is 10.2. The smallest absolute Gasteiger partial charge is 0.334 e. The number of nitrogens with zero attached hydrogens (tertiary/aromatic N) is 2. The van der Waals surface area contributed by atoms with Crippen LogP contribution in [0.25, 0.3) is 0 Å². The maximum atomic E-state index is 12.0. The lowest BCUT2D eigenvalue weighted by atomic mass is 10.3. The average molecular weight is 236 g/mol. The molecule has 1 aromatic heterocycles. The first-order valence-corrected chi connectivity index (χ1v) is 5.15. The zero-order valence-corrected chi connectivity index (χ0v) is 10.1. The first-order chi connectivity index (χ1) is 7.82. The molecule has 0 saturated carbocycles. The van der Waals surface area contributed by atoms with Gasteiger partial charge in [-0.2, -0.15) is 0 Å². The zero-order valence-electron chi connectivity index (χ0n) is 10.1. The molecule has 5 heteroatoms. The second-order valence-electron chi connectivity index (χ2n) is 4.21. The number of allylic oxidation sites excluding steroid dienone is 2. The van der Waals surface area contributed by atoms with Crippen molar-refractivity contribution in [1.29, 1.82) is 0 Å². The van der Waals surface area contributed by atoms with Crippen LogP contribution in [0.1, 0.15) is 13.8 Å². The van der Waals surface area contributed by atoms with E-state index in [0.29, 0.717) is 11.1 Å². The molecule has 1 heterocycles. The van der Waals surface area contributed by atoms with Gasteiger partial charge in [-0.15, -0.1) is 0 Å². The third kappa shape index (κ3) is 2.96. The summed E-state index contributed by atoms with van der Waals surface area (Å²) >= 11 is 0. The monoisotopic (exact) mass is 236 g/mol. The van der Waals surface area contributed by atoms with E-state index in [4.69, 9.17) is 0 Å². The highest BCUT2D eigenvalue weighted by Gasteiger charge is 2.10. The standard InChI is InChI=1S/C12H16N2O3/c1-8(2)6-13-10(15)5-11(16)14(12(13)17)7-9(3)4/h5,15H,1,3,6-7H2,2,4H3. The van der Waals surface area contributed by atoms with E-state index in [1.54, 1.807) is 13.8 Å². The summed E-state index contributed by atoms with van der Waals surface area (Å²) < 4.78 is 2.14. The lowest BCUT2D eigenvalue weighted by Crippen LogP contribution is -2.39. The minimum Gasteiger partial charge on any atom is -0.494 e. The molecule has 0 fully saturated rings. The highest BCUT2D eigenvalue weighted by atomic mass is 16.3. The maximum absolute atomic E-state index is 12.0. The quantitative estimate of drug-likeness (QED) is 0.789. The van der Waals surface area contributed by atoms with Crippen LogP contribution in [0.2, 0.25) is 0 Å². The number of hydrogen-bond donors (Lipinski definition) is 1. The summed E-state index contributed by atoms with van der Waals surface area (Å²) in [4.78, 5) is 23.5. The van der Waals surface area contributed by atoms with Crippen molar-refractivity contribution in [3.63, 3.8) is 0 Å². The van der Waals surface area contributed by atoms with E-state index in [1.807, 2.05) is 0 Å². The Bertz CT molecular complexity index is 578. The van der Waals surface area contributed by atoms with Gasteiger partial charge in [0.25, 0.3) is 5.56 Å². The minimum atomic E-state index is -0.555. The molecule has 0 spiro atoms. The van der Waals surface area contributed by atoms with Gasteiger partial charge < -0.3 is 5.11 Å². The zero-order chi connectivity index (χ0) is 13.2. The van der Waals surface area contributed by atoms with Crippen LogP contribution in [0.4, 0.5) is 0 Å². The largest absolute Gasteiger partial charge is 0.494 e. The predicted octanol–water partition coefficient (Wildman–Crippen LogP) is 0.868. The van der Waals surface area contributed by atoms with Crippen LogP contribution in [-0.2, 0) is 13.1 Å². The SMILES string of the molecule is C=C(C)Cn1c(O)cc(=O)n(CC(=C)C)c1=O. The molecule has 0 atom stereocenters. The fourth-order valence-electron chi connectivity index (χ4n) is 1.44. The Morgan fingerprint density at radius 2 is 1.65 bits per heavy atom. The summed E-state index contributed by atoms with van der Waals surface area (Å²) in [6.07, 6.45) is 0. The van der Waals surface area contributed by atoms with Crippen molar-refractivity contribution in [3.8, 4) is 5.88 Å². The Morgan fingerprint density at radius 3 is 2.12 bits per heavy atom. The van der Waals surface area contributed by atoms with Gasteiger partial charge >= 0.3 is 5.69 Å². The summed E-state index contributed by atoms with van der Waals surface area (Å²) in [5.41, 5.74) is 0.314. The molecule has 1 aromatic rings. The number of rotatable bonds is 4.